The molecular formula is C9H20O2Si2. The second kappa shape index (κ2) is 6.38. The van der Waals surface area contributed by atoms with E-state index in [0.29, 0.717) is 17.1 Å². The lowest BCUT2D eigenvalue weighted by atomic mass is 10.2. The molecule has 4 heteroatoms. The van der Waals surface area contributed by atoms with E-state index in [1.807, 2.05) is 0 Å². The fraction of sp³-hybridized carbons (Fsp3) is 0.778. The maximum Gasteiger partial charge on any atom is 0.146 e. The molecule has 0 aromatic rings. The summed E-state index contributed by atoms with van der Waals surface area (Å²) >= 11 is 0. The van der Waals surface area contributed by atoms with E-state index in [1.165, 1.54) is 0 Å². The summed E-state index contributed by atoms with van der Waals surface area (Å²) in [6.45, 7) is 7.13. The van der Waals surface area contributed by atoms with Gasteiger partial charge in [-0.2, -0.15) is 0 Å². The molecule has 2 nitrogen and oxygen atoms in total. The van der Waals surface area contributed by atoms with Gasteiger partial charge < -0.3 is 9.53 Å². The molecule has 0 aromatic carbocycles. The molecule has 0 aliphatic carbocycles. The summed E-state index contributed by atoms with van der Waals surface area (Å²) in [5.74, 6) is 3.12. The highest BCUT2D eigenvalue weighted by molar-refractivity contribution is 6.83. The zero-order chi connectivity index (χ0) is 10.3. The quantitative estimate of drug-likeness (QED) is 0.541. The Morgan fingerprint density at radius 3 is 2.54 bits per heavy atom. The molecule has 0 aliphatic rings. The lowest BCUT2D eigenvalue weighted by molar-refractivity contribution is 0.106. The third kappa shape index (κ3) is 9.83. The fourth-order valence-corrected chi connectivity index (χ4v) is 1.88. The summed E-state index contributed by atoms with van der Waals surface area (Å²) in [6.07, 6.45) is 1.20. The molecule has 0 saturated carbocycles. The average Bonchev–Trinajstić information content (AvgIpc) is 1.97. The van der Waals surface area contributed by atoms with E-state index in [-0.39, 0.29) is 6.10 Å². The average molecular weight is 216 g/mol. The van der Waals surface area contributed by atoms with Gasteiger partial charge in [0.05, 0.1) is 12.7 Å². The Hall–Kier alpha value is -0.0862. The van der Waals surface area contributed by atoms with Gasteiger partial charge in [0.25, 0.3) is 0 Å². The minimum Gasteiger partial charge on any atom is -0.425 e. The maximum atomic E-state index is 9.32. The van der Waals surface area contributed by atoms with Crippen LogP contribution in [0.1, 0.15) is 12.8 Å². The standard InChI is InChI=1S/C9H20O2Si2/c1-13(2,3)7-5-4-6-9(10)8-11-12/h9-10H,4,6,8H2,1-3,12H3/t9-/m1/s1. The van der Waals surface area contributed by atoms with Crippen LogP contribution in [-0.4, -0.2) is 36.4 Å². The molecule has 0 aromatic heterocycles. The van der Waals surface area contributed by atoms with Crippen molar-refractivity contribution in [3.05, 3.63) is 0 Å². The van der Waals surface area contributed by atoms with E-state index < -0.39 is 8.07 Å². The predicted octanol–water partition coefficient (Wildman–Crippen LogP) is 0.305. The van der Waals surface area contributed by atoms with Crippen LogP contribution in [0.5, 0.6) is 0 Å². The second-order valence-corrected chi connectivity index (χ2v) is 9.53. The van der Waals surface area contributed by atoms with Gasteiger partial charge >= 0.3 is 0 Å². The highest BCUT2D eigenvalue weighted by Crippen LogP contribution is 1.99. The summed E-state index contributed by atoms with van der Waals surface area (Å²) in [7, 11) is -0.515. The number of hydrogen-bond acceptors (Lipinski definition) is 2. The van der Waals surface area contributed by atoms with Crippen LogP contribution < -0.4 is 0 Å². The lowest BCUT2D eigenvalue weighted by Gasteiger charge is -2.07. The van der Waals surface area contributed by atoms with Gasteiger partial charge in [0, 0.05) is 6.42 Å². The molecule has 0 amide bonds. The summed E-state index contributed by atoms with van der Waals surface area (Å²) in [6, 6.07) is 0. The minimum absolute atomic E-state index is 0.326. The fourth-order valence-electron chi connectivity index (χ4n) is 0.842. The zero-order valence-corrected chi connectivity index (χ0v) is 12.1. The number of rotatable bonds is 4. The van der Waals surface area contributed by atoms with Crippen molar-refractivity contribution in [3.63, 3.8) is 0 Å². The van der Waals surface area contributed by atoms with E-state index in [4.69, 9.17) is 4.43 Å². The molecule has 1 atom stereocenters. The van der Waals surface area contributed by atoms with Crippen molar-refractivity contribution >= 4 is 18.6 Å². The van der Waals surface area contributed by atoms with E-state index in [0.717, 1.165) is 12.8 Å². The van der Waals surface area contributed by atoms with Crippen molar-refractivity contribution in [2.24, 2.45) is 0 Å². The van der Waals surface area contributed by atoms with E-state index in [2.05, 4.69) is 31.1 Å². The zero-order valence-electron chi connectivity index (χ0n) is 9.05. The Morgan fingerprint density at radius 2 is 2.08 bits per heavy atom. The smallest absolute Gasteiger partial charge is 0.146 e. The first-order chi connectivity index (χ1) is 5.95. The van der Waals surface area contributed by atoms with Crippen LogP contribution in [0.4, 0.5) is 0 Å². The van der Waals surface area contributed by atoms with Crippen LogP contribution in [0, 0.1) is 11.5 Å². The summed E-state index contributed by atoms with van der Waals surface area (Å²) in [5, 5.41) is 9.32. The van der Waals surface area contributed by atoms with Crippen LogP contribution >= 0.6 is 0 Å². The second-order valence-electron chi connectivity index (χ2n) is 4.20. The topological polar surface area (TPSA) is 29.5 Å². The van der Waals surface area contributed by atoms with Gasteiger partial charge in [-0.25, -0.2) is 0 Å². The molecule has 0 fully saturated rings. The third-order valence-corrected chi connectivity index (χ3v) is 2.69. The van der Waals surface area contributed by atoms with Gasteiger partial charge in [-0.1, -0.05) is 19.6 Å². The maximum absolute atomic E-state index is 9.32. The molecule has 0 bridgehead atoms. The summed E-state index contributed by atoms with van der Waals surface area (Å²) in [4.78, 5) is 0. The Bertz CT molecular complexity index is 188. The van der Waals surface area contributed by atoms with E-state index in [1.54, 1.807) is 0 Å². The molecule has 0 rings (SSSR count). The van der Waals surface area contributed by atoms with Crippen LogP contribution in [0.3, 0.4) is 0 Å². The molecule has 0 aliphatic heterocycles. The van der Waals surface area contributed by atoms with Gasteiger partial charge in [0.2, 0.25) is 0 Å². The molecule has 1 N–H and O–H groups in total. The van der Waals surface area contributed by atoms with Crippen LogP contribution in [-0.2, 0) is 4.43 Å². The van der Waals surface area contributed by atoms with Crippen molar-refractivity contribution in [1.82, 2.24) is 0 Å². The molecule has 13 heavy (non-hydrogen) atoms. The first-order valence-corrected chi connectivity index (χ1v) is 8.94. The number of aliphatic hydroxyl groups excluding tert-OH is 1. The number of hydrogen-bond donors (Lipinski definition) is 1. The van der Waals surface area contributed by atoms with Gasteiger partial charge in [-0.15, -0.1) is 11.5 Å². The van der Waals surface area contributed by atoms with Crippen molar-refractivity contribution < 1.29 is 9.53 Å². The van der Waals surface area contributed by atoms with Crippen LogP contribution in [0.25, 0.3) is 0 Å². The van der Waals surface area contributed by atoms with Crippen LogP contribution in [0.15, 0.2) is 0 Å². The van der Waals surface area contributed by atoms with Gasteiger partial charge in [-0.3, -0.25) is 0 Å². The Kier molecular flexibility index (Phi) is 6.34. The Balaban J connectivity index is 3.59. The first kappa shape index (κ1) is 12.9. The van der Waals surface area contributed by atoms with Crippen molar-refractivity contribution in [3.8, 4) is 11.5 Å². The van der Waals surface area contributed by atoms with Crippen molar-refractivity contribution in [2.45, 2.75) is 38.6 Å². The normalized spacial score (nSPS) is 13.5. The molecule has 0 radical (unpaired) electrons. The highest BCUT2D eigenvalue weighted by atomic mass is 28.3. The molecule has 0 spiro atoms. The van der Waals surface area contributed by atoms with E-state index in [9.17, 15) is 5.11 Å². The van der Waals surface area contributed by atoms with Crippen molar-refractivity contribution in [1.29, 1.82) is 0 Å². The van der Waals surface area contributed by atoms with E-state index >= 15 is 0 Å². The molecule has 0 heterocycles. The number of aliphatic hydroxyl groups is 1. The molecule has 76 valence electrons. The van der Waals surface area contributed by atoms with Crippen LogP contribution in [0.2, 0.25) is 19.6 Å². The summed E-state index contributed by atoms with van der Waals surface area (Å²) < 4.78 is 4.95. The monoisotopic (exact) mass is 216 g/mol. The van der Waals surface area contributed by atoms with Gasteiger partial charge in [0.15, 0.2) is 0 Å². The molecule has 0 saturated heterocycles. The van der Waals surface area contributed by atoms with Gasteiger partial charge in [-0.05, 0) is 6.42 Å². The predicted molar refractivity (Wildman–Crippen MR) is 62.3 cm³/mol. The molecule has 0 unspecified atom stereocenters. The van der Waals surface area contributed by atoms with Crippen molar-refractivity contribution in [2.75, 3.05) is 6.61 Å². The largest absolute Gasteiger partial charge is 0.425 e. The lowest BCUT2D eigenvalue weighted by Crippen LogP contribution is -2.17. The first-order valence-electron chi connectivity index (χ1n) is 4.63. The Labute approximate surface area is 85.2 Å². The highest BCUT2D eigenvalue weighted by Gasteiger charge is 2.07. The SMILES string of the molecule is C[Si](C)(C)C#CCC[C@@H](O)CO[SiH3]. The summed E-state index contributed by atoms with van der Waals surface area (Å²) in [5.41, 5.74) is 3.26. The van der Waals surface area contributed by atoms with Gasteiger partial charge in [0.1, 0.15) is 18.6 Å². The molecular weight excluding hydrogens is 196 g/mol. The minimum atomic E-state index is -1.21. The Morgan fingerprint density at radius 1 is 1.46 bits per heavy atom. The third-order valence-electron chi connectivity index (χ3n) is 1.43.